The Kier molecular flexibility index (Phi) is 4.33. The van der Waals surface area contributed by atoms with E-state index in [9.17, 15) is 4.39 Å². The van der Waals surface area contributed by atoms with Crippen molar-refractivity contribution >= 4 is 11.5 Å². The molecular weight excluding hydrogens is 251 g/mol. The van der Waals surface area contributed by atoms with Gasteiger partial charge in [-0.05, 0) is 36.1 Å². The first-order valence-corrected chi connectivity index (χ1v) is 6.68. The van der Waals surface area contributed by atoms with Gasteiger partial charge < -0.3 is 5.32 Å². The summed E-state index contributed by atoms with van der Waals surface area (Å²) in [6.45, 7) is 4.83. The number of aromatic nitrogens is 3. The van der Waals surface area contributed by atoms with Crippen LogP contribution in [0.4, 0.5) is 4.39 Å². The van der Waals surface area contributed by atoms with Crippen molar-refractivity contribution in [2.24, 2.45) is 0 Å². The van der Waals surface area contributed by atoms with Crippen LogP contribution in [0, 0.1) is 5.82 Å². The maximum absolute atomic E-state index is 13.3. The molecule has 0 fully saturated rings. The van der Waals surface area contributed by atoms with Gasteiger partial charge in [-0.2, -0.15) is 0 Å². The number of rotatable bonds is 5. The number of nitrogens with one attached hydrogen (secondary N) is 1. The molecule has 0 spiro atoms. The molecule has 0 radical (unpaired) electrons. The first-order chi connectivity index (χ1) is 8.76. The highest BCUT2D eigenvalue weighted by Crippen LogP contribution is 2.27. The second-order valence-electron chi connectivity index (χ2n) is 3.86. The van der Waals surface area contributed by atoms with Crippen LogP contribution in [0.25, 0.3) is 0 Å². The van der Waals surface area contributed by atoms with E-state index in [-0.39, 0.29) is 11.9 Å². The van der Waals surface area contributed by atoms with Crippen LogP contribution < -0.4 is 5.32 Å². The van der Waals surface area contributed by atoms with Crippen molar-refractivity contribution in [2.75, 3.05) is 6.54 Å². The van der Waals surface area contributed by atoms with Crippen LogP contribution in [0.3, 0.4) is 0 Å². The molecule has 0 saturated carbocycles. The monoisotopic (exact) mass is 266 g/mol. The Balaban J connectivity index is 2.39. The molecule has 0 aliphatic rings. The van der Waals surface area contributed by atoms with E-state index in [1.807, 2.05) is 13.8 Å². The zero-order valence-electron chi connectivity index (χ0n) is 10.4. The maximum Gasteiger partial charge on any atom is 0.141 e. The highest BCUT2D eigenvalue weighted by Gasteiger charge is 2.20. The molecule has 2 aromatic rings. The Morgan fingerprint density at radius 1 is 1.39 bits per heavy atom. The van der Waals surface area contributed by atoms with E-state index < -0.39 is 0 Å². The van der Waals surface area contributed by atoms with Crippen LogP contribution in [0.1, 0.15) is 36.0 Å². The van der Waals surface area contributed by atoms with Gasteiger partial charge in [0, 0.05) is 6.20 Å². The van der Waals surface area contributed by atoms with Gasteiger partial charge in [-0.15, -0.1) is 5.10 Å². The molecule has 0 saturated heterocycles. The highest BCUT2D eigenvalue weighted by atomic mass is 32.1. The van der Waals surface area contributed by atoms with Crippen molar-refractivity contribution in [2.45, 2.75) is 26.3 Å². The summed E-state index contributed by atoms with van der Waals surface area (Å²) in [4.78, 5) is 4.94. The lowest BCUT2D eigenvalue weighted by Crippen LogP contribution is -2.22. The lowest BCUT2D eigenvalue weighted by molar-refractivity contribution is 0.597. The molecule has 1 N–H and O–H groups in total. The molecular formula is C12H15FN4S. The Morgan fingerprint density at radius 2 is 2.22 bits per heavy atom. The van der Waals surface area contributed by atoms with E-state index in [2.05, 4.69) is 19.9 Å². The van der Waals surface area contributed by atoms with Crippen LogP contribution in [0.5, 0.6) is 0 Å². The molecule has 4 nitrogen and oxygen atoms in total. The Bertz CT molecular complexity index is 514. The topological polar surface area (TPSA) is 50.7 Å². The van der Waals surface area contributed by atoms with Gasteiger partial charge in [-0.3, -0.25) is 4.98 Å². The SMILES string of the molecule is CCNC(c1cncc(F)c1)c1snnc1CC. The number of aryl methyl sites for hydroxylation is 1. The van der Waals surface area contributed by atoms with E-state index in [1.165, 1.54) is 23.8 Å². The van der Waals surface area contributed by atoms with E-state index in [4.69, 9.17) is 0 Å². The van der Waals surface area contributed by atoms with E-state index in [0.717, 1.165) is 29.1 Å². The molecule has 0 bridgehead atoms. The number of nitrogens with zero attached hydrogens (tertiary/aromatic N) is 3. The second kappa shape index (κ2) is 5.97. The smallest absolute Gasteiger partial charge is 0.141 e. The fourth-order valence-electron chi connectivity index (χ4n) is 1.83. The third-order valence-corrected chi connectivity index (χ3v) is 3.48. The predicted molar refractivity (Wildman–Crippen MR) is 69.0 cm³/mol. The minimum atomic E-state index is -0.328. The summed E-state index contributed by atoms with van der Waals surface area (Å²) in [6.07, 6.45) is 3.70. The van der Waals surface area contributed by atoms with Crippen molar-refractivity contribution < 1.29 is 4.39 Å². The summed E-state index contributed by atoms with van der Waals surface area (Å²) in [5, 5.41) is 7.43. The van der Waals surface area contributed by atoms with Gasteiger partial charge in [-0.1, -0.05) is 18.3 Å². The zero-order chi connectivity index (χ0) is 13.0. The van der Waals surface area contributed by atoms with Crippen molar-refractivity contribution in [3.8, 4) is 0 Å². The van der Waals surface area contributed by atoms with Crippen molar-refractivity contribution in [1.29, 1.82) is 0 Å². The fraction of sp³-hybridized carbons (Fsp3) is 0.417. The van der Waals surface area contributed by atoms with Crippen LogP contribution in [-0.2, 0) is 6.42 Å². The van der Waals surface area contributed by atoms with E-state index in [1.54, 1.807) is 6.20 Å². The third-order valence-electron chi connectivity index (χ3n) is 2.65. The van der Waals surface area contributed by atoms with Crippen molar-refractivity contribution in [3.05, 3.63) is 40.4 Å². The van der Waals surface area contributed by atoms with Crippen LogP contribution in [-0.4, -0.2) is 21.1 Å². The van der Waals surface area contributed by atoms with Crippen LogP contribution in [0.2, 0.25) is 0 Å². The first kappa shape index (κ1) is 13.0. The summed E-state index contributed by atoms with van der Waals surface area (Å²) in [7, 11) is 0. The lowest BCUT2D eigenvalue weighted by Gasteiger charge is -2.16. The second-order valence-corrected chi connectivity index (χ2v) is 4.65. The van der Waals surface area contributed by atoms with Crippen LogP contribution >= 0.6 is 11.5 Å². The highest BCUT2D eigenvalue weighted by molar-refractivity contribution is 7.05. The molecule has 1 unspecified atom stereocenters. The number of hydrogen-bond donors (Lipinski definition) is 1. The Morgan fingerprint density at radius 3 is 2.89 bits per heavy atom. The molecule has 0 aliphatic carbocycles. The lowest BCUT2D eigenvalue weighted by atomic mass is 10.1. The summed E-state index contributed by atoms with van der Waals surface area (Å²) in [6, 6.07) is 1.41. The van der Waals surface area contributed by atoms with Gasteiger partial charge in [0.05, 0.1) is 22.8 Å². The van der Waals surface area contributed by atoms with Gasteiger partial charge in [0.1, 0.15) is 5.82 Å². The largest absolute Gasteiger partial charge is 0.306 e. The van der Waals surface area contributed by atoms with Gasteiger partial charge in [0.25, 0.3) is 0 Å². The van der Waals surface area contributed by atoms with Crippen molar-refractivity contribution in [3.63, 3.8) is 0 Å². The summed E-state index contributed by atoms with van der Waals surface area (Å²) in [5.74, 6) is -0.328. The summed E-state index contributed by atoms with van der Waals surface area (Å²) < 4.78 is 17.3. The molecule has 0 aliphatic heterocycles. The molecule has 18 heavy (non-hydrogen) atoms. The van der Waals surface area contributed by atoms with Crippen LogP contribution in [0.15, 0.2) is 18.5 Å². The molecule has 96 valence electrons. The maximum atomic E-state index is 13.3. The summed E-state index contributed by atoms with van der Waals surface area (Å²) >= 11 is 1.35. The van der Waals surface area contributed by atoms with Gasteiger partial charge >= 0.3 is 0 Å². The third kappa shape index (κ3) is 2.70. The molecule has 0 aromatic carbocycles. The number of pyridine rings is 1. The minimum Gasteiger partial charge on any atom is -0.306 e. The molecule has 0 amide bonds. The zero-order valence-corrected chi connectivity index (χ0v) is 11.2. The molecule has 2 heterocycles. The Hall–Kier alpha value is -1.40. The average molecular weight is 266 g/mol. The molecule has 6 heteroatoms. The first-order valence-electron chi connectivity index (χ1n) is 5.91. The molecule has 1 atom stereocenters. The number of hydrogen-bond acceptors (Lipinski definition) is 5. The molecule has 2 aromatic heterocycles. The van der Waals surface area contributed by atoms with E-state index in [0.29, 0.717) is 0 Å². The summed E-state index contributed by atoms with van der Waals surface area (Å²) in [5.41, 5.74) is 1.76. The van der Waals surface area contributed by atoms with Gasteiger partial charge in [0.15, 0.2) is 0 Å². The molecule has 2 rings (SSSR count). The normalized spacial score (nSPS) is 12.6. The minimum absolute atomic E-state index is 0.0897. The van der Waals surface area contributed by atoms with E-state index >= 15 is 0 Å². The average Bonchev–Trinajstić information content (AvgIpc) is 2.84. The van der Waals surface area contributed by atoms with Crippen molar-refractivity contribution in [1.82, 2.24) is 19.9 Å². The fourth-order valence-corrected chi connectivity index (χ4v) is 2.67. The Labute approximate surface area is 109 Å². The predicted octanol–water partition coefficient (Wildman–Crippen LogP) is 2.33. The quantitative estimate of drug-likeness (QED) is 0.902. The van der Waals surface area contributed by atoms with Gasteiger partial charge in [-0.25, -0.2) is 4.39 Å². The standard InChI is InChI=1S/C12H15FN4S/c1-3-10-12(18-17-16-10)11(15-4-2)8-5-9(13)7-14-6-8/h5-7,11,15H,3-4H2,1-2H3. The van der Waals surface area contributed by atoms with Gasteiger partial charge in [0.2, 0.25) is 0 Å². The number of halogens is 1.